The SMILES string of the molecule is O=S(=O)([O-])CCNS(=O)(=O)c1ccc(Nc2ccc(Nc3ccc4cc(SOO[O-])ccc4c3)nn2)cc1.[Na+].[Na+]. The van der Waals surface area contributed by atoms with Gasteiger partial charge in [-0.15, -0.1) is 10.2 Å². The van der Waals surface area contributed by atoms with Crippen LogP contribution in [-0.2, 0) is 29.5 Å². The Kier molecular flexibility index (Phi) is 13.7. The van der Waals surface area contributed by atoms with Gasteiger partial charge in [0.25, 0.3) is 0 Å². The van der Waals surface area contributed by atoms with Crippen LogP contribution in [0.5, 0.6) is 0 Å². The van der Waals surface area contributed by atoms with Crippen molar-refractivity contribution >= 4 is 66.0 Å². The smallest absolute Gasteiger partial charge is 0.748 e. The number of sulfonamides is 1. The van der Waals surface area contributed by atoms with Crippen LogP contribution in [0, 0.1) is 0 Å². The molecule has 0 aliphatic carbocycles. The van der Waals surface area contributed by atoms with Gasteiger partial charge in [-0.25, -0.2) is 21.6 Å². The molecular weight excluding hydrogens is 604 g/mol. The zero-order valence-corrected chi connectivity index (χ0v) is 27.7. The van der Waals surface area contributed by atoms with E-state index in [0.717, 1.165) is 28.5 Å². The number of benzene rings is 3. The predicted molar refractivity (Wildman–Crippen MR) is 137 cm³/mol. The monoisotopic (exact) mass is 623 g/mol. The minimum atomic E-state index is -4.52. The van der Waals surface area contributed by atoms with Crippen LogP contribution in [0.2, 0.25) is 0 Å². The molecule has 4 rings (SSSR count). The van der Waals surface area contributed by atoms with Crippen molar-refractivity contribution in [2.45, 2.75) is 9.79 Å². The molecule has 0 unspecified atom stereocenters. The van der Waals surface area contributed by atoms with E-state index in [9.17, 15) is 26.6 Å². The molecule has 40 heavy (non-hydrogen) atoms. The van der Waals surface area contributed by atoms with E-state index in [1.165, 1.54) is 24.3 Å². The molecule has 0 saturated carbocycles. The van der Waals surface area contributed by atoms with Gasteiger partial charge in [-0.1, -0.05) is 12.1 Å². The standard InChI is InChI=1S/C22H21N5O8S3.2Na/c28-34-35-36-19-6-2-15-13-18(3-1-16(15)14-19)25-22-10-9-21(26-27-22)24-17-4-7-20(8-5-17)38(32,33)23-11-12-37(29,30)31;;/h1-10,13-14,23,28H,11-12H2,(H,24,26)(H,25,27)(H,29,30,31);;/q;2*+1/p-2. The molecule has 200 valence electrons. The second-order valence-electron chi connectivity index (χ2n) is 7.68. The molecule has 3 aromatic carbocycles. The zero-order chi connectivity index (χ0) is 27.2. The molecule has 0 spiro atoms. The third-order valence-electron chi connectivity index (χ3n) is 4.99. The quantitative estimate of drug-likeness (QED) is 0.0457. The molecule has 0 fully saturated rings. The Balaban J connectivity index is 0.00000280. The maximum Gasteiger partial charge on any atom is 1.00 e. The maximum atomic E-state index is 12.2. The third kappa shape index (κ3) is 10.5. The number of nitrogens with zero attached hydrogens (tertiary/aromatic N) is 2. The van der Waals surface area contributed by atoms with E-state index in [1.54, 1.807) is 18.2 Å². The minimum Gasteiger partial charge on any atom is -0.748 e. The molecule has 0 amide bonds. The first kappa shape index (κ1) is 34.8. The molecule has 0 radical (unpaired) electrons. The molecule has 0 saturated heterocycles. The molecule has 3 N–H and O–H groups in total. The molecule has 4 aromatic rings. The number of hydrogen-bond donors (Lipinski definition) is 3. The molecule has 0 bridgehead atoms. The average Bonchev–Trinajstić information content (AvgIpc) is 2.88. The van der Waals surface area contributed by atoms with Gasteiger partial charge >= 0.3 is 59.1 Å². The molecule has 1 heterocycles. The Morgan fingerprint density at radius 2 is 1.35 bits per heavy atom. The summed E-state index contributed by atoms with van der Waals surface area (Å²) in [5.41, 5.74) is 1.32. The van der Waals surface area contributed by atoms with Gasteiger partial charge in [0, 0.05) is 22.8 Å². The largest absolute Gasteiger partial charge is 1.00 e. The first-order valence-electron chi connectivity index (χ1n) is 10.7. The van der Waals surface area contributed by atoms with Crippen molar-refractivity contribution in [2.75, 3.05) is 22.9 Å². The van der Waals surface area contributed by atoms with Crippen LogP contribution in [0.1, 0.15) is 0 Å². The molecule has 0 aliphatic rings. The van der Waals surface area contributed by atoms with Crippen molar-refractivity contribution in [3.63, 3.8) is 0 Å². The summed E-state index contributed by atoms with van der Waals surface area (Å²) < 4.78 is 62.8. The fourth-order valence-electron chi connectivity index (χ4n) is 3.27. The second-order valence-corrected chi connectivity index (χ2v) is 11.7. The molecule has 18 heteroatoms. The van der Waals surface area contributed by atoms with Crippen molar-refractivity contribution in [3.05, 3.63) is 72.8 Å². The van der Waals surface area contributed by atoms with E-state index in [4.69, 9.17) is 0 Å². The summed E-state index contributed by atoms with van der Waals surface area (Å²) in [6.07, 6.45) is 0. The molecule has 13 nitrogen and oxygen atoms in total. The van der Waals surface area contributed by atoms with Gasteiger partial charge in [0.05, 0.1) is 32.8 Å². The average molecular weight is 624 g/mol. The van der Waals surface area contributed by atoms with E-state index < -0.39 is 32.4 Å². The van der Waals surface area contributed by atoms with E-state index in [-0.39, 0.29) is 64.0 Å². The summed E-state index contributed by atoms with van der Waals surface area (Å²) >= 11 is 0.817. The predicted octanol–water partition coefficient (Wildman–Crippen LogP) is -3.82. The van der Waals surface area contributed by atoms with Gasteiger partial charge in [-0.05, 0) is 71.4 Å². The molecule has 0 aliphatic heterocycles. The van der Waals surface area contributed by atoms with E-state index in [1.807, 2.05) is 30.3 Å². The third-order valence-corrected chi connectivity index (χ3v) is 7.74. The Bertz CT molecular complexity index is 1630. The number of anilines is 4. The fourth-order valence-corrected chi connectivity index (χ4v) is 5.19. The first-order valence-corrected chi connectivity index (χ1v) is 14.5. The van der Waals surface area contributed by atoms with Gasteiger partial charge in [-0.2, -0.15) is 4.33 Å². The summed E-state index contributed by atoms with van der Waals surface area (Å²) in [5.74, 6) is 0.0700. The Morgan fingerprint density at radius 1 is 0.775 bits per heavy atom. The summed E-state index contributed by atoms with van der Waals surface area (Å²) in [5, 5.41) is 29.6. The van der Waals surface area contributed by atoms with Crippen LogP contribution in [0.3, 0.4) is 0 Å². The molecule has 0 atom stereocenters. The first-order chi connectivity index (χ1) is 18.1. The van der Waals surface area contributed by atoms with Crippen molar-refractivity contribution in [2.24, 2.45) is 0 Å². The van der Waals surface area contributed by atoms with Crippen LogP contribution in [-0.4, -0.2) is 43.9 Å². The van der Waals surface area contributed by atoms with Crippen molar-refractivity contribution < 1.29 is 95.1 Å². The van der Waals surface area contributed by atoms with Gasteiger partial charge in [0.15, 0.2) is 11.6 Å². The van der Waals surface area contributed by atoms with Crippen molar-refractivity contribution in [1.82, 2.24) is 14.9 Å². The van der Waals surface area contributed by atoms with Crippen LogP contribution in [0.15, 0.2) is 82.6 Å². The summed E-state index contributed by atoms with van der Waals surface area (Å²) in [4.78, 5) is 0.622. The van der Waals surface area contributed by atoms with Crippen LogP contribution >= 0.6 is 12.0 Å². The summed E-state index contributed by atoms with van der Waals surface area (Å²) in [6.45, 7) is -0.516. The van der Waals surface area contributed by atoms with E-state index in [0.29, 0.717) is 22.2 Å². The Morgan fingerprint density at radius 3 is 1.95 bits per heavy atom. The van der Waals surface area contributed by atoms with Crippen molar-refractivity contribution in [1.29, 1.82) is 0 Å². The normalized spacial score (nSPS) is 11.3. The number of fused-ring (bicyclic) bond motifs is 1. The number of hydrogen-bond acceptors (Lipinski definition) is 13. The minimum absolute atomic E-state index is 0. The van der Waals surface area contributed by atoms with Gasteiger partial charge < -0.3 is 20.4 Å². The summed E-state index contributed by atoms with van der Waals surface area (Å²) in [7, 11) is -8.49. The van der Waals surface area contributed by atoms with E-state index in [2.05, 4.69) is 34.9 Å². The van der Waals surface area contributed by atoms with Crippen LogP contribution in [0.25, 0.3) is 10.8 Å². The number of nitrogens with one attached hydrogen (secondary N) is 3. The molecular formula is C22H19N5Na2O8S3. The molecule has 1 aromatic heterocycles. The van der Waals surface area contributed by atoms with E-state index >= 15 is 0 Å². The van der Waals surface area contributed by atoms with Crippen LogP contribution < -0.4 is 79.7 Å². The number of rotatable bonds is 12. The zero-order valence-electron chi connectivity index (χ0n) is 21.2. The van der Waals surface area contributed by atoms with Gasteiger partial charge in [0.1, 0.15) is 0 Å². The van der Waals surface area contributed by atoms with Crippen molar-refractivity contribution in [3.8, 4) is 0 Å². The van der Waals surface area contributed by atoms with Gasteiger partial charge in [-0.3, -0.25) is 5.04 Å². The number of aromatic nitrogens is 2. The van der Waals surface area contributed by atoms with Gasteiger partial charge in [0.2, 0.25) is 10.0 Å². The van der Waals surface area contributed by atoms with Crippen LogP contribution in [0.4, 0.5) is 23.0 Å². The Hall–Kier alpha value is -1.35. The fraction of sp³-hybridized carbons (Fsp3) is 0.0909. The summed E-state index contributed by atoms with van der Waals surface area (Å²) in [6, 6.07) is 20.3. The Labute approximate surface area is 278 Å². The second kappa shape index (κ2) is 15.8. The maximum absolute atomic E-state index is 12.2. The topological polar surface area (TPSA) is 195 Å².